The van der Waals surface area contributed by atoms with E-state index in [1.165, 1.54) is 0 Å². The monoisotopic (exact) mass is 217 g/mol. The Hall–Kier alpha value is -1.84. The van der Waals surface area contributed by atoms with Crippen molar-refractivity contribution in [2.45, 2.75) is 19.9 Å². The molecule has 2 N–H and O–H groups in total. The first-order chi connectivity index (χ1) is 7.65. The molecule has 1 aliphatic rings. The van der Waals surface area contributed by atoms with E-state index in [9.17, 15) is 4.79 Å². The maximum absolute atomic E-state index is 11.6. The number of nitrogens with one attached hydrogen (secondary N) is 2. The number of aryl methyl sites for hydroxylation is 1. The maximum Gasteiger partial charge on any atom is 0.323 e. The van der Waals surface area contributed by atoms with E-state index in [1.54, 1.807) is 4.90 Å². The van der Waals surface area contributed by atoms with Gasteiger partial charge in [0.1, 0.15) is 11.9 Å². The number of amides is 2. The number of amidine groups is 1. The summed E-state index contributed by atoms with van der Waals surface area (Å²) in [6.07, 6.45) is 0. The highest BCUT2D eigenvalue weighted by Gasteiger charge is 2.36. The molecule has 84 valence electrons. The molecule has 1 saturated heterocycles. The van der Waals surface area contributed by atoms with Crippen LogP contribution in [0.15, 0.2) is 24.3 Å². The highest BCUT2D eigenvalue weighted by Crippen LogP contribution is 2.27. The third-order valence-electron chi connectivity index (χ3n) is 2.91. The number of benzene rings is 1. The van der Waals surface area contributed by atoms with Crippen LogP contribution < -0.4 is 5.32 Å². The van der Waals surface area contributed by atoms with E-state index >= 15 is 0 Å². The summed E-state index contributed by atoms with van der Waals surface area (Å²) in [5, 5.41) is 10.4. The van der Waals surface area contributed by atoms with Crippen molar-refractivity contribution in [3.05, 3.63) is 35.4 Å². The average Bonchev–Trinajstić information content (AvgIpc) is 2.54. The van der Waals surface area contributed by atoms with Crippen LogP contribution in [0.4, 0.5) is 4.79 Å². The standard InChI is InChI=1S/C12H15N3O/c1-3-15-10(11(13)14-12(15)16)9-7-5-4-6-8(9)2/h4-7,10H,3H2,1-2H3,(H2,13,14,16). The Bertz CT molecular complexity index is 442. The van der Waals surface area contributed by atoms with Gasteiger partial charge in [0.25, 0.3) is 0 Å². The van der Waals surface area contributed by atoms with Gasteiger partial charge < -0.3 is 4.90 Å². The van der Waals surface area contributed by atoms with Crippen LogP contribution in [-0.4, -0.2) is 23.3 Å². The van der Waals surface area contributed by atoms with Crippen molar-refractivity contribution >= 4 is 11.9 Å². The van der Waals surface area contributed by atoms with Gasteiger partial charge in [-0.2, -0.15) is 0 Å². The van der Waals surface area contributed by atoms with Crippen LogP contribution in [0.3, 0.4) is 0 Å². The van der Waals surface area contributed by atoms with E-state index in [0.717, 1.165) is 11.1 Å². The van der Waals surface area contributed by atoms with Crippen LogP contribution in [0, 0.1) is 12.3 Å². The van der Waals surface area contributed by atoms with E-state index < -0.39 is 0 Å². The molecule has 0 saturated carbocycles. The Morgan fingerprint density at radius 3 is 2.75 bits per heavy atom. The van der Waals surface area contributed by atoms with Gasteiger partial charge in [0.2, 0.25) is 0 Å². The predicted molar refractivity (Wildman–Crippen MR) is 62.6 cm³/mol. The summed E-state index contributed by atoms with van der Waals surface area (Å²) < 4.78 is 0. The molecule has 1 fully saturated rings. The predicted octanol–water partition coefficient (Wildman–Crippen LogP) is 2.06. The summed E-state index contributed by atoms with van der Waals surface area (Å²) in [6, 6.07) is 7.44. The van der Waals surface area contributed by atoms with Crippen LogP contribution in [0.2, 0.25) is 0 Å². The second-order valence-corrected chi connectivity index (χ2v) is 3.89. The minimum absolute atomic E-state index is 0.180. The highest BCUT2D eigenvalue weighted by molar-refractivity contribution is 6.06. The number of carbonyl (C=O) groups is 1. The average molecular weight is 217 g/mol. The Labute approximate surface area is 94.8 Å². The minimum Gasteiger partial charge on any atom is -0.310 e. The van der Waals surface area contributed by atoms with Crippen molar-refractivity contribution in [1.29, 1.82) is 5.41 Å². The first-order valence-electron chi connectivity index (χ1n) is 5.36. The number of rotatable bonds is 2. The molecule has 0 spiro atoms. The van der Waals surface area contributed by atoms with Crippen LogP contribution in [0.25, 0.3) is 0 Å². The molecule has 2 amide bonds. The van der Waals surface area contributed by atoms with Gasteiger partial charge >= 0.3 is 6.03 Å². The molecule has 0 radical (unpaired) electrons. The van der Waals surface area contributed by atoms with Crippen LogP contribution in [0.5, 0.6) is 0 Å². The van der Waals surface area contributed by atoms with Crippen LogP contribution in [-0.2, 0) is 0 Å². The third kappa shape index (κ3) is 1.56. The van der Waals surface area contributed by atoms with Gasteiger partial charge in [-0.3, -0.25) is 10.7 Å². The van der Waals surface area contributed by atoms with E-state index in [1.807, 2.05) is 38.1 Å². The lowest BCUT2D eigenvalue weighted by atomic mass is 10.0. The fourth-order valence-corrected chi connectivity index (χ4v) is 2.07. The normalized spacial score (nSPS) is 20.1. The van der Waals surface area contributed by atoms with Gasteiger partial charge in [-0.1, -0.05) is 24.3 Å². The van der Waals surface area contributed by atoms with Crippen LogP contribution in [0.1, 0.15) is 24.1 Å². The van der Waals surface area contributed by atoms with E-state index in [0.29, 0.717) is 6.54 Å². The lowest BCUT2D eigenvalue weighted by molar-refractivity contribution is 0.209. The summed E-state index contributed by atoms with van der Waals surface area (Å²) in [6.45, 7) is 4.52. The highest BCUT2D eigenvalue weighted by atomic mass is 16.2. The molecular formula is C12H15N3O. The van der Waals surface area contributed by atoms with Gasteiger partial charge in [-0.15, -0.1) is 0 Å². The van der Waals surface area contributed by atoms with Gasteiger partial charge in [-0.05, 0) is 25.0 Å². The quantitative estimate of drug-likeness (QED) is 0.782. The Morgan fingerprint density at radius 2 is 2.12 bits per heavy atom. The summed E-state index contributed by atoms with van der Waals surface area (Å²) in [5.41, 5.74) is 2.12. The molecule has 1 heterocycles. The number of nitrogens with zero attached hydrogens (tertiary/aromatic N) is 1. The number of hydrogen-bond acceptors (Lipinski definition) is 2. The molecule has 1 aromatic carbocycles. The molecule has 1 atom stereocenters. The van der Waals surface area contributed by atoms with E-state index in [2.05, 4.69) is 5.32 Å². The largest absolute Gasteiger partial charge is 0.323 e. The molecule has 1 aliphatic heterocycles. The molecule has 16 heavy (non-hydrogen) atoms. The van der Waals surface area contributed by atoms with E-state index in [4.69, 9.17) is 5.41 Å². The number of urea groups is 1. The summed E-state index contributed by atoms with van der Waals surface area (Å²) in [7, 11) is 0. The molecule has 1 aromatic rings. The zero-order chi connectivity index (χ0) is 11.7. The maximum atomic E-state index is 11.6. The molecule has 0 aromatic heterocycles. The minimum atomic E-state index is -0.251. The Balaban J connectivity index is 2.43. The van der Waals surface area contributed by atoms with Crippen molar-refractivity contribution in [2.24, 2.45) is 0 Å². The van der Waals surface area contributed by atoms with Crippen molar-refractivity contribution in [2.75, 3.05) is 6.54 Å². The fourth-order valence-electron chi connectivity index (χ4n) is 2.07. The van der Waals surface area contributed by atoms with Crippen molar-refractivity contribution in [3.8, 4) is 0 Å². The first-order valence-corrected chi connectivity index (χ1v) is 5.36. The van der Waals surface area contributed by atoms with Gasteiger partial charge in [0.05, 0.1) is 0 Å². The molecular weight excluding hydrogens is 202 g/mol. The SMILES string of the molecule is CCN1C(=O)NC(=N)C1c1ccccc1C. The van der Waals surface area contributed by atoms with E-state index in [-0.39, 0.29) is 17.9 Å². The van der Waals surface area contributed by atoms with Gasteiger partial charge in [0.15, 0.2) is 0 Å². The summed E-state index contributed by atoms with van der Waals surface area (Å²) >= 11 is 0. The van der Waals surface area contributed by atoms with Crippen molar-refractivity contribution in [3.63, 3.8) is 0 Å². The molecule has 4 nitrogen and oxygen atoms in total. The second kappa shape index (κ2) is 3.96. The number of carbonyl (C=O) groups excluding carboxylic acids is 1. The van der Waals surface area contributed by atoms with Gasteiger partial charge in [-0.25, -0.2) is 4.79 Å². The molecule has 0 bridgehead atoms. The second-order valence-electron chi connectivity index (χ2n) is 3.89. The third-order valence-corrected chi connectivity index (χ3v) is 2.91. The summed E-state index contributed by atoms with van der Waals surface area (Å²) in [5.74, 6) is 0.265. The lowest BCUT2D eigenvalue weighted by Crippen LogP contribution is -2.29. The van der Waals surface area contributed by atoms with Gasteiger partial charge in [0, 0.05) is 6.54 Å². The first kappa shape index (κ1) is 10.7. The topological polar surface area (TPSA) is 56.2 Å². The van der Waals surface area contributed by atoms with Crippen LogP contribution >= 0.6 is 0 Å². The summed E-state index contributed by atoms with van der Waals surface area (Å²) in [4.78, 5) is 13.3. The molecule has 2 rings (SSSR count). The molecule has 4 heteroatoms. The lowest BCUT2D eigenvalue weighted by Gasteiger charge is -2.22. The Kier molecular flexibility index (Phi) is 2.64. The smallest absolute Gasteiger partial charge is 0.310 e. The molecule has 0 aliphatic carbocycles. The number of hydrogen-bond donors (Lipinski definition) is 2. The number of likely N-dealkylation sites (N-methyl/N-ethyl adjacent to an activating group) is 1. The fraction of sp³-hybridized carbons (Fsp3) is 0.333. The van der Waals surface area contributed by atoms with Crippen molar-refractivity contribution in [1.82, 2.24) is 10.2 Å². The zero-order valence-corrected chi connectivity index (χ0v) is 9.45. The van der Waals surface area contributed by atoms with Crippen molar-refractivity contribution < 1.29 is 4.79 Å². The Morgan fingerprint density at radius 1 is 1.44 bits per heavy atom. The zero-order valence-electron chi connectivity index (χ0n) is 9.45. The molecule has 1 unspecified atom stereocenters.